The Kier molecular flexibility index (Phi) is 8.36. The molecule has 10 heteroatoms. The smallest absolute Gasteiger partial charge is 0.394 e. The number of hydrogen-bond donors (Lipinski definition) is 4. The number of carbonyl (C=O) groups excluding carboxylic acids is 2. The van der Waals surface area contributed by atoms with Crippen molar-refractivity contribution in [2.24, 2.45) is 0 Å². The number of nitrogens with one attached hydrogen (secondary N) is 1. The number of benzene rings is 2. The summed E-state index contributed by atoms with van der Waals surface area (Å²) < 4.78 is 11.5. The lowest BCUT2D eigenvalue weighted by molar-refractivity contribution is -0.147. The first-order chi connectivity index (χ1) is 15.6. The van der Waals surface area contributed by atoms with Gasteiger partial charge in [-0.25, -0.2) is 4.79 Å². The van der Waals surface area contributed by atoms with E-state index in [1.165, 1.54) is 44.2 Å². The van der Waals surface area contributed by atoms with Gasteiger partial charge in [0.25, 0.3) is 6.29 Å². The van der Waals surface area contributed by atoms with E-state index in [4.69, 9.17) is 14.6 Å². The first-order valence-electron chi connectivity index (χ1n) is 10.0. The number of rotatable bonds is 9. The van der Waals surface area contributed by atoms with Crippen molar-refractivity contribution >= 4 is 23.3 Å². The number of phenols is 1. The van der Waals surface area contributed by atoms with Crippen LogP contribution in [-0.4, -0.2) is 45.4 Å². The number of amides is 1. The number of aliphatic hydroxyl groups is 1. The number of aromatic hydroxyl groups is 1. The van der Waals surface area contributed by atoms with Crippen LogP contribution in [-0.2, 0) is 16.0 Å². The van der Waals surface area contributed by atoms with Gasteiger partial charge in [-0.15, -0.1) is 0 Å². The number of hydrogen-bond acceptors (Lipinski definition) is 8. The van der Waals surface area contributed by atoms with Gasteiger partial charge < -0.3 is 30.1 Å². The number of carboxylic acid groups (broad SMARTS) is 1. The standard InChI is InChI=1S/C23H24N2O8/c1-4-6-15-19(10-9-14(12(2)26)20(15)28)33-23(13(3)27)32-18-8-5-7-17(16(18)11-24)25-21(29)22(30)31/h5,7-10,13,23,27-28H,4,6H2,1-3H3,(H,25,29)(H,30,31). The minimum absolute atomic E-state index is 0.0757. The summed E-state index contributed by atoms with van der Waals surface area (Å²) in [6.07, 6.45) is -1.54. The highest BCUT2D eigenvalue weighted by molar-refractivity contribution is 6.36. The lowest BCUT2D eigenvalue weighted by Crippen LogP contribution is -2.35. The van der Waals surface area contributed by atoms with E-state index in [1.807, 2.05) is 13.0 Å². The molecule has 0 aliphatic heterocycles. The van der Waals surface area contributed by atoms with Crippen LogP contribution in [0.5, 0.6) is 17.2 Å². The highest BCUT2D eigenvalue weighted by Gasteiger charge is 2.25. The second-order valence-corrected chi connectivity index (χ2v) is 7.14. The molecule has 0 saturated heterocycles. The number of carbonyl (C=O) groups is 3. The molecule has 0 spiro atoms. The first-order valence-corrected chi connectivity index (χ1v) is 10.0. The number of phenolic OH excluding ortho intramolecular Hbond substituents is 1. The molecule has 10 nitrogen and oxygen atoms in total. The fourth-order valence-electron chi connectivity index (χ4n) is 3.00. The molecule has 33 heavy (non-hydrogen) atoms. The summed E-state index contributed by atoms with van der Waals surface area (Å²) in [4.78, 5) is 34.1. The Bertz CT molecular complexity index is 1100. The van der Waals surface area contributed by atoms with E-state index >= 15 is 0 Å². The minimum Gasteiger partial charge on any atom is -0.507 e. The van der Waals surface area contributed by atoms with E-state index in [0.717, 1.165) is 0 Å². The minimum atomic E-state index is -1.73. The van der Waals surface area contributed by atoms with E-state index in [1.54, 1.807) is 0 Å². The highest BCUT2D eigenvalue weighted by Crippen LogP contribution is 2.35. The van der Waals surface area contributed by atoms with Crippen molar-refractivity contribution in [2.75, 3.05) is 5.32 Å². The Morgan fingerprint density at radius 2 is 1.82 bits per heavy atom. The molecule has 2 unspecified atom stereocenters. The van der Waals surface area contributed by atoms with Crippen molar-refractivity contribution in [3.05, 3.63) is 47.0 Å². The van der Waals surface area contributed by atoms with E-state index < -0.39 is 24.3 Å². The molecule has 174 valence electrons. The zero-order valence-electron chi connectivity index (χ0n) is 18.3. The van der Waals surface area contributed by atoms with Gasteiger partial charge in [0.1, 0.15) is 35.0 Å². The molecule has 0 aromatic heterocycles. The van der Waals surface area contributed by atoms with Crippen LogP contribution in [0, 0.1) is 11.3 Å². The van der Waals surface area contributed by atoms with Gasteiger partial charge in [-0.05, 0) is 44.5 Å². The van der Waals surface area contributed by atoms with Gasteiger partial charge >= 0.3 is 11.9 Å². The molecule has 1 amide bonds. The molecule has 0 fully saturated rings. The number of Topliss-reactive ketones (excluding diaryl/α,β-unsaturated/α-hetero) is 1. The molecule has 4 N–H and O–H groups in total. The topological polar surface area (TPSA) is 166 Å². The Hall–Kier alpha value is -4.10. The molecule has 0 aliphatic rings. The lowest BCUT2D eigenvalue weighted by Gasteiger charge is -2.25. The third-order valence-corrected chi connectivity index (χ3v) is 4.58. The number of carboxylic acids is 1. The predicted molar refractivity (Wildman–Crippen MR) is 116 cm³/mol. The summed E-state index contributed by atoms with van der Waals surface area (Å²) in [5, 5.41) is 41.2. The van der Waals surface area contributed by atoms with Gasteiger partial charge in [-0.1, -0.05) is 19.4 Å². The molecule has 0 radical (unpaired) electrons. The van der Waals surface area contributed by atoms with Crippen molar-refractivity contribution in [3.8, 4) is 23.3 Å². The van der Waals surface area contributed by atoms with Gasteiger partial charge in [0.2, 0.25) is 0 Å². The zero-order valence-corrected chi connectivity index (χ0v) is 18.3. The fourth-order valence-corrected chi connectivity index (χ4v) is 3.00. The molecular weight excluding hydrogens is 432 g/mol. The number of aliphatic carboxylic acids is 1. The number of ketones is 1. The predicted octanol–water partition coefficient (Wildman–Crippen LogP) is 2.61. The largest absolute Gasteiger partial charge is 0.507 e. The highest BCUT2D eigenvalue weighted by atomic mass is 16.7. The molecule has 2 atom stereocenters. The quantitative estimate of drug-likeness (QED) is 0.252. The van der Waals surface area contributed by atoms with E-state index in [0.29, 0.717) is 18.4 Å². The van der Waals surface area contributed by atoms with Crippen molar-refractivity contribution in [1.82, 2.24) is 0 Å². The number of aliphatic hydroxyl groups excluding tert-OH is 1. The third kappa shape index (κ3) is 5.99. The van der Waals surface area contributed by atoms with Crippen LogP contribution >= 0.6 is 0 Å². The van der Waals surface area contributed by atoms with Crippen molar-refractivity contribution in [1.29, 1.82) is 5.26 Å². The monoisotopic (exact) mass is 456 g/mol. The Morgan fingerprint density at radius 1 is 1.15 bits per heavy atom. The molecule has 2 rings (SSSR count). The number of nitrogens with zero attached hydrogens (tertiary/aromatic N) is 1. The number of anilines is 1. The van der Waals surface area contributed by atoms with Gasteiger partial charge in [0.05, 0.1) is 11.3 Å². The SMILES string of the molecule is CCCc1c(OC(Oc2cccc(NC(=O)C(=O)O)c2C#N)C(C)O)ccc(C(C)=O)c1O. The van der Waals surface area contributed by atoms with E-state index in [-0.39, 0.29) is 39.8 Å². The van der Waals surface area contributed by atoms with Crippen molar-refractivity contribution < 1.29 is 39.2 Å². The van der Waals surface area contributed by atoms with Crippen LogP contribution in [0.2, 0.25) is 0 Å². The normalized spacial score (nSPS) is 12.2. The maximum atomic E-state index is 11.8. The molecule has 0 heterocycles. The second-order valence-electron chi connectivity index (χ2n) is 7.14. The molecule has 2 aromatic rings. The molecule has 0 bridgehead atoms. The number of nitriles is 1. The molecule has 2 aromatic carbocycles. The van der Waals surface area contributed by atoms with Crippen LogP contribution in [0.1, 0.15) is 48.7 Å². The summed E-state index contributed by atoms with van der Waals surface area (Å²) in [5.41, 5.74) is 0.225. The summed E-state index contributed by atoms with van der Waals surface area (Å²) in [6.45, 7) is 4.59. The summed E-state index contributed by atoms with van der Waals surface area (Å²) in [5.74, 6) is -3.50. The Morgan fingerprint density at radius 3 is 2.36 bits per heavy atom. The molecule has 0 aliphatic carbocycles. The maximum absolute atomic E-state index is 11.8. The summed E-state index contributed by atoms with van der Waals surface area (Å²) in [7, 11) is 0. The van der Waals surface area contributed by atoms with Crippen LogP contribution < -0.4 is 14.8 Å². The second kappa shape index (κ2) is 11.0. The van der Waals surface area contributed by atoms with E-state index in [2.05, 4.69) is 5.32 Å². The van der Waals surface area contributed by atoms with Crippen LogP contribution in [0.25, 0.3) is 0 Å². The lowest BCUT2D eigenvalue weighted by atomic mass is 10.0. The Labute approximate surface area is 190 Å². The Balaban J connectivity index is 2.42. The first kappa shape index (κ1) is 25.2. The summed E-state index contributed by atoms with van der Waals surface area (Å²) >= 11 is 0. The third-order valence-electron chi connectivity index (χ3n) is 4.58. The molecular formula is C23H24N2O8. The van der Waals surface area contributed by atoms with E-state index in [9.17, 15) is 29.9 Å². The van der Waals surface area contributed by atoms with Gasteiger partial charge in [-0.2, -0.15) is 5.26 Å². The average molecular weight is 456 g/mol. The van der Waals surface area contributed by atoms with Gasteiger partial charge in [-0.3, -0.25) is 9.59 Å². The van der Waals surface area contributed by atoms with Crippen LogP contribution in [0.15, 0.2) is 30.3 Å². The number of ether oxygens (including phenoxy) is 2. The van der Waals surface area contributed by atoms with Gasteiger partial charge in [0.15, 0.2) is 5.78 Å². The maximum Gasteiger partial charge on any atom is 0.394 e. The average Bonchev–Trinajstić information content (AvgIpc) is 2.75. The van der Waals surface area contributed by atoms with Crippen molar-refractivity contribution in [3.63, 3.8) is 0 Å². The summed E-state index contributed by atoms with van der Waals surface area (Å²) in [6, 6.07) is 8.83. The zero-order chi connectivity index (χ0) is 24.7. The van der Waals surface area contributed by atoms with Crippen LogP contribution in [0.3, 0.4) is 0 Å². The fraction of sp³-hybridized carbons (Fsp3) is 0.304. The molecule has 0 saturated carbocycles. The van der Waals surface area contributed by atoms with Gasteiger partial charge in [0, 0.05) is 5.56 Å². The van der Waals surface area contributed by atoms with Crippen LogP contribution in [0.4, 0.5) is 5.69 Å². The van der Waals surface area contributed by atoms with Crippen molar-refractivity contribution in [2.45, 2.75) is 46.0 Å².